The molecule has 0 radical (unpaired) electrons. The SMILES string of the molecule is C=C/C(=C\C=C(/N)c1cc2nccc(Cc3ccc(NC(=O)CC(=O)NC4CC4)cc3F)c2s1)CNCCOC. The molecule has 0 unspecified atom stereocenters. The highest BCUT2D eigenvalue weighted by Crippen LogP contribution is 2.32. The lowest BCUT2D eigenvalue weighted by Gasteiger charge is -2.09. The molecule has 0 aliphatic heterocycles. The molecule has 0 saturated heterocycles. The fourth-order valence-corrected chi connectivity index (χ4v) is 5.05. The molecule has 210 valence electrons. The van der Waals surface area contributed by atoms with Crippen LogP contribution < -0.4 is 21.7 Å². The number of nitrogens with two attached hydrogens (primary N) is 1. The standard InChI is InChI=1S/C30H34FN5O3S/c1-3-19(18-33-12-13-39-2)4-9-25(32)27-16-26-30(40-27)21(10-11-34-26)14-20-5-6-23(15-24(20)31)36-29(38)17-28(37)35-22-7-8-22/h3-6,9-11,15-16,22,33H,1,7-8,12-14,17-18,32H2,2H3,(H,35,37)(H,36,38)/b19-4+,25-9-. The van der Waals surface area contributed by atoms with Crippen molar-refractivity contribution in [3.05, 3.63) is 88.7 Å². The third kappa shape index (κ3) is 8.32. The van der Waals surface area contributed by atoms with Crippen LogP contribution in [0, 0.1) is 5.82 Å². The van der Waals surface area contributed by atoms with Crippen molar-refractivity contribution in [3.63, 3.8) is 0 Å². The third-order valence-corrected chi connectivity index (χ3v) is 7.56. The summed E-state index contributed by atoms with van der Waals surface area (Å²) in [4.78, 5) is 29.3. The van der Waals surface area contributed by atoms with Crippen molar-refractivity contribution in [1.29, 1.82) is 0 Å². The molecule has 8 nitrogen and oxygen atoms in total. The number of nitrogens with zero attached hydrogens (tertiary/aromatic N) is 1. The molecular weight excluding hydrogens is 529 g/mol. The minimum absolute atomic E-state index is 0.185. The molecule has 0 bridgehead atoms. The predicted octanol–water partition coefficient (Wildman–Crippen LogP) is 4.28. The van der Waals surface area contributed by atoms with E-state index < -0.39 is 11.7 Å². The Bertz CT molecular complexity index is 1440. The van der Waals surface area contributed by atoms with Gasteiger partial charge in [0.2, 0.25) is 11.8 Å². The third-order valence-electron chi connectivity index (χ3n) is 6.31. The number of halogens is 1. The first-order chi connectivity index (χ1) is 19.4. The highest BCUT2D eigenvalue weighted by Gasteiger charge is 2.24. The lowest BCUT2D eigenvalue weighted by molar-refractivity contribution is -0.126. The topological polar surface area (TPSA) is 118 Å². The van der Waals surface area contributed by atoms with E-state index in [-0.39, 0.29) is 18.4 Å². The molecule has 40 heavy (non-hydrogen) atoms. The molecule has 0 atom stereocenters. The van der Waals surface area contributed by atoms with Crippen LogP contribution in [0.5, 0.6) is 0 Å². The van der Waals surface area contributed by atoms with Crippen LogP contribution in [0.4, 0.5) is 10.1 Å². The smallest absolute Gasteiger partial charge is 0.233 e. The normalized spacial score (nSPS) is 13.8. The van der Waals surface area contributed by atoms with Crippen LogP contribution in [0.15, 0.2) is 66.9 Å². The number of pyridine rings is 1. The van der Waals surface area contributed by atoms with Crippen LogP contribution in [0.2, 0.25) is 0 Å². The summed E-state index contributed by atoms with van der Waals surface area (Å²) in [5.74, 6) is -1.24. The Morgan fingerprint density at radius 2 is 2.02 bits per heavy atom. The molecule has 2 aromatic heterocycles. The second-order valence-electron chi connectivity index (χ2n) is 9.58. The summed E-state index contributed by atoms with van der Waals surface area (Å²) < 4.78 is 21.0. The molecule has 1 saturated carbocycles. The van der Waals surface area contributed by atoms with Gasteiger partial charge in [0.15, 0.2) is 0 Å². The van der Waals surface area contributed by atoms with E-state index in [4.69, 9.17) is 10.5 Å². The number of rotatable bonds is 14. The summed E-state index contributed by atoms with van der Waals surface area (Å²) >= 11 is 1.51. The Labute approximate surface area is 237 Å². The van der Waals surface area contributed by atoms with Gasteiger partial charge in [0.25, 0.3) is 0 Å². The van der Waals surface area contributed by atoms with Gasteiger partial charge >= 0.3 is 0 Å². The highest BCUT2D eigenvalue weighted by atomic mass is 32.1. The van der Waals surface area contributed by atoms with Crippen LogP contribution in [0.25, 0.3) is 15.9 Å². The molecule has 0 spiro atoms. The molecule has 1 aromatic carbocycles. The zero-order valence-electron chi connectivity index (χ0n) is 22.5. The number of methoxy groups -OCH3 is 1. The Morgan fingerprint density at radius 1 is 1.20 bits per heavy atom. The number of hydrogen-bond donors (Lipinski definition) is 4. The van der Waals surface area contributed by atoms with Crippen molar-refractivity contribution in [2.24, 2.45) is 5.73 Å². The van der Waals surface area contributed by atoms with E-state index in [1.165, 1.54) is 17.4 Å². The monoisotopic (exact) mass is 563 g/mol. The van der Waals surface area contributed by atoms with Gasteiger partial charge in [-0.3, -0.25) is 14.6 Å². The number of fused-ring (bicyclic) bond motifs is 1. The number of carbonyl (C=O) groups is 2. The summed E-state index contributed by atoms with van der Waals surface area (Å²) in [5.41, 5.74) is 10.5. The molecule has 3 aromatic rings. The second kappa shape index (κ2) is 14.0. The van der Waals surface area contributed by atoms with Crippen molar-refractivity contribution >= 4 is 44.8 Å². The minimum atomic E-state index is -0.477. The predicted molar refractivity (Wildman–Crippen MR) is 158 cm³/mol. The van der Waals surface area contributed by atoms with Crippen molar-refractivity contribution in [1.82, 2.24) is 15.6 Å². The van der Waals surface area contributed by atoms with Gasteiger partial charge in [0, 0.05) is 50.2 Å². The Hall–Kier alpha value is -3.86. The van der Waals surface area contributed by atoms with Gasteiger partial charge in [-0.15, -0.1) is 11.3 Å². The average molecular weight is 564 g/mol. The maximum atomic E-state index is 15.0. The molecule has 2 amide bonds. The Balaban J connectivity index is 1.43. The van der Waals surface area contributed by atoms with Crippen LogP contribution in [0.3, 0.4) is 0 Å². The fraction of sp³-hybridized carbons (Fsp3) is 0.300. The van der Waals surface area contributed by atoms with Crippen molar-refractivity contribution < 1.29 is 18.7 Å². The van der Waals surface area contributed by atoms with Crippen LogP contribution in [0.1, 0.15) is 35.3 Å². The van der Waals surface area contributed by atoms with E-state index in [0.29, 0.717) is 36.5 Å². The molecule has 10 heteroatoms. The number of benzene rings is 1. The van der Waals surface area contributed by atoms with Crippen molar-refractivity contribution in [3.8, 4) is 0 Å². The van der Waals surface area contributed by atoms with Crippen molar-refractivity contribution in [2.75, 3.05) is 32.1 Å². The summed E-state index contributed by atoms with van der Waals surface area (Å²) in [7, 11) is 1.66. The maximum Gasteiger partial charge on any atom is 0.233 e. The highest BCUT2D eigenvalue weighted by molar-refractivity contribution is 7.20. The van der Waals surface area contributed by atoms with Gasteiger partial charge in [0.1, 0.15) is 12.2 Å². The molecule has 1 fully saturated rings. The minimum Gasteiger partial charge on any atom is -0.398 e. The Kier molecular flexibility index (Phi) is 10.2. The van der Waals surface area contributed by atoms with Crippen LogP contribution >= 0.6 is 11.3 Å². The largest absolute Gasteiger partial charge is 0.398 e. The number of ether oxygens (including phenoxy) is 1. The number of carbonyl (C=O) groups excluding carboxylic acids is 2. The van der Waals surface area contributed by atoms with E-state index in [0.717, 1.165) is 45.6 Å². The lowest BCUT2D eigenvalue weighted by atomic mass is 10.0. The number of amides is 2. The summed E-state index contributed by atoms with van der Waals surface area (Å²) in [6.07, 6.45) is 9.21. The number of aromatic nitrogens is 1. The first kappa shape index (κ1) is 29.1. The van der Waals surface area contributed by atoms with Gasteiger partial charge in [-0.2, -0.15) is 0 Å². The van der Waals surface area contributed by atoms with E-state index in [1.54, 1.807) is 31.5 Å². The molecule has 2 heterocycles. The van der Waals surface area contributed by atoms with Gasteiger partial charge in [-0.05, 0) is 59.9 Å². The molecular formula is C30H34FN5O3S. The van der Waals surface area contributed by atoms with Gasteiger partial charge in [-0.25, -0.2) is 4.39 Å². The van der Waals surface area contributed by atoms with E-state index in [9.17, 15) is 9.59 Å². The summed E-state index contributed by atoms with van der Waals surface area (Å²) in [6.45, 7) is 5.88. The number of thiophene rings is 1. The summed E-state index contributed by atoms with van der Waals surface area (Å²) in [6, 6.07) is 8.55. The molecule has 1 aliphatic rings. The lowest BCUT2D eigenvalue weighted by Crippen LogP contribution is -2.29. The van der Waals surface area contributed by atoms with E-state index >= 15 is 4.39 Å². The Morgan fingerprint density at radius 3 is 2.75 bits per heavy atom. The first-order valence-electron chi connectivity index (χ1n) is 13.1. The van der Waals surface area contributed by atoms with Crippen molar-refractivity contribution in [2.45, 2.75) is 31.7 Å². The van der Waals surface area contributed by atoms with Crippen LogP contribution in [-0.4, -0.2) is 49.6 Å². The van der Waals surface area contributed by atoms with Gasteiger partial charge < -0.3 is 26.4 Å². The number of nitrogens with one attached hydrogen (secondary N) is 3. The van der Waals surface area contributed by atoms with E-state index in [2.05, 4.69) is 27.5 Å². The van der Waals surface area contributed by atoms with Crippen LogP contribution in [-0.2, 0) is 20.7 Å². The quantitative estimate of drug-likeness (QED) is 0.132. The summed E-state index contributed by atoms with van der Waals surface area (Å²) in [5, 5.41) is 8.64. The average Bonchev–Trinajstić information content (AvgIpc) is 3.62. The van der Waals surface area contributed by atoms with E-state index in [1.807, 2.05) is 24.3 Å². The number of hydrogen-bond acceptors (Lipinski definition) is 7. The first-order valence-corrected chi connectivity index (χ1v) is 13.9. The second-order valence-corrected chi connectivity index (χ2v) is 10.6. The maximum absolute atomic E-state index is 15.0. The molecule has 5 N–H and O–H groups in total. The number of anilines is 1. The zero-order valence-corrected chi connectivity index (χ0v) is 23.3. The molecule has 4 rings (SSSR count). The number of allylic oxidation sites excluding steroid dienone is 2. The molecule has 1 aliphatic carbocycles. The van der Waals surface area contributed by atoms with Gasteiger partial charge in [0.05, 0.1) is 21.7 Å². The fourth-order valence-electron chi connectivity index (χ4n) is 3.99. The van der Waals surface area contributed by atoms with Gasteiger partial charge in [-0.1, -0.05) is 24.8 Å². The zero-order chi connectivity index (χ0) is 28.5.